The number of carbonyl (C=O) groups is 1. The van der Waals surface area contributed by atoms with E-state index in [0.29, 0.717) is 42.1 Å². The molecule has 24 heavy (non-hydrogen) atoms. The largest absolute Gasteiger partial charge is 0.489 e. The first kappa shape index (κ1) is 18.9. The van der Waals surface area contributed by atoms with Gasteiger partial charge in [0, 0.05) is 36.9 Å². The molecule has 1 aromatic rings. The molecule has 0 bridgehead atoms. The molecule has 1 fully saturated rings. The lowest BCUT2D eigenvalue weighted by Gasteiger charge is -2.33. The second-order valence-corrected chi connectivity index (χ2v) is 8.07. The van der Waals surface area contributed by atoms with Gasteiger partial charge >= 0.3 is 12.3 Å². The topological polar surface area (TPSA) is 38.8 Å². The molecule has 2 rings (SSSR count). The van der Waals surface area contributed by atoms with Crippen molar-refractivity contribution in [3.8, 4) is 5.75 Å². The lowest BCUT2D eigenvalue weighted by molar-refractivity contribution is -0.134. The Balaban J connectivity index is 1.90. The highest BCUT2D eigenvalue weighted by atomic mass is 32.1. The van der Waals surface area contributed by atoms with Crippen LogP contribution in [0.15, 0.2) is 6.07 Å². The van der Waals surface area contributed by atoms with E-state index in [1.54, 1.807) is 32.6 Å². The van der Waals surface area contributed by atoms with E-state index in [1.165, 1.54) is 0 Å². The third kappa shape index (κ3) is 5.03. The van der Waals surface area contributed by atoms with Crippen LogP contribution < -0.4 is 4.74 Å². The van der Waals surface area contributed by atoms with Gasteiger partial charge in [-0.1, -0.05) is 0 Å². The number of hydrogen-bond acceptors (Lipinski definition) is 4. The van der Waals surface area contributed by atoms with Crippen LogP contribution in [0.4, 0.5) is 18.0 Å². The maximum atomic E-state index is 12.7. The molecule has 1 aliphatic rings. The van der Waals surface area contributed by atoms with E-state index in [-0.39, 0.29) is 17.9 Å². The Hall–Kier alpha value is -1.44. The average molecular weight is 365 g/mol. The molecule has 1 aromatic heterocycles. The van der Waals surface area contributed by atoms with Crippen LogP contribution in [0.5, 0.6) is 5.75 Å². The van der Waals surface area contributed by atoms with Crippen LogP contribution in [0.2, 0.25) is 0 Å². The maximum absolute atomic E-state index is 12.7. The fourth-order valence-corrected chi connectivity index (χ4v) is 3.20. The minimum absolute atomic E-state index is 0.196. The van der Waals surface area contributed by atoms with Gasteiger partial charge in [-0.25, -0.2) is 4.79 Å². The number of thiophene rings is 1. The van der Waals surface area contributed by atoms with Gasteiger partial charge in [0.15, 0.2) is 0 Å². The van der Waals surface area contributed by atoms with Gasteiger partial charge in [-0.2, -0.15) is 13.2 Å². The number of ether oxygens (including phenoxy) is 2. The molecular weight excluding hydrogens is 343 g/mol. The number of carbonyl (C=O) groups excluding carboxylic acids is 1. The molecule has 8 heteroatoms. The first-order valence-corrected chi connectivity index (χ1v) is 8.59. The van der Waals surface area contributed by atoms with Gasteiger partial charge in [-0.05, 0) is 27.7 Å². The number of hydrogen-bond donors (Lipinski definition) is 0. The van der Waals surface area contributed by atoms with Gasteiger partial charge in [0.2, 0.25) is 0 Å². The summed E-state index contributed by atoms with van der Waals surface area (Å²) in [5.41, 5.74) is -0.549. The minimum atomic E-state index is -4.35. The molecule has 0 saturated carbocycles. The minimum Gasteiger partial charge on any atom is -0.489 e. The molecule has 136 valence electrons. The second-order valence-electron chi connectivity index (χ2n) is 6.81. The van der Waals surface area contributed by atoms with Gasteiger partial charge in [0.25, 0.3) is 0 Å². The van der Waals surface area contributed by atoms with Gasteiger partial charge in [0.05, 0.1) is 0 Å². The molecule has 2 heterocycles. The number of aryl methyl sites for hydroxylation is 1. The fraction of sp³-hybridized carbons (Fsp3) is 0.688. The van der Waals surface area contributed by atoms with E-state index in [1.807, 2.05) is 0 Å². The highest BCUT2D eigenvalue weighted by Gasteiger charge is 2.34. The lowest BCUT2D eigenvalue weighted by atomic mass is 10.1. The maximum Gasteiger partial charge on any atom is 0.425 e. The summed E-state index contributed by atoms with van der Waals surface area (Å²) < 4.78 is 49.2. The molecule has 1 aliphatic heterocycles. The summed E-state index contributed by atoms with van der Waals surface area (Å²) in [4.78, 5) is 13.4. The number of alkyl halides is 3. The molecule has 0 radical (unpaired) electrons. The van der Waals surface area contributed by atoms with Crippen molar-refractivity contribution < 1.29 is 27.4 Å². The van der Waals surface area contributed by atoms with Crippen molar-refractivity contribution >= 4 is 17.4 Å². The van der Waals surface area contributed by atoms with E-state index in [0.717, 1.165) is 6.07 Å². The first-order valence-electron chi connectivity index (χ1n) is 7.78. The predicted octanol–water partition coefficient (Wildman–Crippen LogP) is 4.85. The third-order valence-electron chi connectivity index (χ3n) is 3.54. The summed E-state index contributed by atoms with van der Waals surface area (Å²) in [6, 6.07) is 1.06. The molecule has 0 spiro atoms. The lowest BCUT2D eigenvalue weighted by Crippen LogP contribution is -2.44. The molecule has 1 amide bonds. The van der Waals surface area contributed by atoms with Crippen LogP contribution in [0.1, 0.15) is 43.4 Å². The van der Waals surface area contributed by atoms with Crippen molar-refractivity contribution in [3.05, 3.63) is 15.8 Å². The summed E-state index contributed by atoms with van der Waals surface area (Å²) in [5, 5.41) is 0. The van der Waals surface area contributed by atoms with Crippen molar-refractivity contribution in [1.29, 1.82) is 0 Å². The van der Waals surface area contributed by atoms with E-state index in [4.69, 9.17) is 9.47 Å². The Morgan fingerprint density at radius 3 is 2.29 bits per heavy atom. The summed E-state index contributed by atoms with van der Waals surface area (Å²) in [7, 11) is 0. The summed E-state index contributed by atoms with van der Waals surface area (Å²) in [6.45, 7) is 7.96. The summed E-state index contributed by atoms with van der Waals surface area (Å²) in [5.74, 6) is 0.281. The Kier molecular flexibility index (Phi) is 5.37. The van der Waals surface area contributed by atoms with Gasteiger partial charge in [-0.3, -0.25) is 0 Å². The highest BCUT2D eigenvalue weighted by Crippen LogP contribution is 2.40. The van der Waals surface area contributed by atoms with Crippen LogP contribution in [-0.2, 0) is 10.9 Å². The quantitative estimate of drug-likeness (QED) is 0.752. The smallest absolute Gasteiger partial charge is 0.425 e. The van der Waals surface area contributed by atoms with Crippen molar-refractivity contribution in [2.75, 3.05) is 13.1 Å². The Labute approximate surface area is 143 Å². The molecular formula is C16H22F3NO3S. The zero-order valence-electron chi connectivity index (χ0n) is 14.2. The highest BCUT2D eigenvalue weighted by molar-refractivity contribution is 7.12. The number of halogens is 3. The second kappa shape index (κ2) is 6.82. The zero-order valence-corrected chi connectivity index (χ0v) is 15.0. The van der Waals surface area contributed by atoms with Gasteiger partial charge in [0.1, 0.15) is 22.3 Å². The normalized spacial score (nSPS) is 17.0. The Morgan fingerprint density at radius 1 is 1.25 bits per heavy atom. The summed E-state index contributed by atoms with van der Waals surface area (Å²) >= 11 is 0.687. The summed E-state index contributed by atoms with van der Waals surface area (Å²) in [6.07, 6.45) is -3.78. The first-order chi connectivity index (χ1) is 11.0. The number of nitrogens with zero attached hydrogens (tertiary/aromatic N) is 1. The average Bonchev–Trinajstić information content (AvgIpc) is 2.79. The number of piperidine rings is 1. The Morgan fingerprint density at radius 2 is 1.83 bits per heavy atom. The number of likely N-dealkylation sites (tertiary alicyclic amines) is 1. The molecule has 4 nitrogen and oxygen atoms in total. The van der Waals surface area contributed by atoms with Gasteiger partial charge in [-0.15, -0.1) is 11.3 Å². The zero-order chi connectivity index (χ0) is 18.1. The van der Waals surface area contributed by atoms with E-state index >= 15 is 0 Å². The molecule has 0 aromatic carbocycles. The molecule has 0 N–H and O–H groups in total. The predicted molar refractivity (Wildman–Crippen MR) is 85.5 cm³/mol. The fourth-order valence-electron chi connectivity index (χ4n) is 2.38. The van der Waals surface area contributed by atoms with Crippen molar-refractivity contribution in [2.45, 2.75) is 58.4 Å². The van der Waals surface area contributed by atoms with Crippen molar-refractivity contribution in [3.63, 3.8) is 0 Å². The number of rotatable bonds is 2. The Bertz CT molecular complexity index is 584. The van der Waals surface area contributed by atoms with Crippen LogP contribution >= 0.6 is 11.3 Å². The van der Waals surface area contributed by atoms with E-state index in [2.05, 4.69) is 0 Å². The standard InChI is InChI=1S/C16H22F3NO3S/c1-10-12(9-13(24-10)16(17,18)19)22-11-5-7-20(8-6-11)14(21)23-15(2,3)4/h9,11H,5-8H2,1-4H3. The van der Waals surface area contributed by atoms with Gasteiger partial charge < -0.3 is 14.4 Å². The van der Waals surface area contributed by atoms with Crippen LogP contribution in [-0.4, -0.2) is 35.8 Å². The molecule has 1 saturated heterocycles. The molecule has 0 aliphatic carbocycles. The van der Waals surface area contributed by atoms with E-state index < -0.39 is 16.7 Å². The van der Waals surface area contributed by atoms with Crippen LogP contribution in [0, 0.1) is 6.92 Å². The SMILES string of the molecule is Cc1sc(C(F)(F)F)cc1OC1CCN(C(=O)OC(C)(C)C)CC1. The third-order valence-corrected chi connectivity index (χ3v) is 4.62. The molecule has 0 atom stereocenters. The number of amides is 1. The van der Waals surface area contributed by atoms with Crippen LogP contribution in [0.3, 0.4) is 0 Å². The van der Waals surface area contributed by atoms with Crippen LogP contribution in [0.25, 0.3) is 0 Å². The van der Waals surface area contributed by atoms with Crippen molar-refractivity contribution in [1.82, 2.24) is 4.90 Å². The van der Waals surface area contributed by atoms with Crippen molar-refractivity contribution in [2.24, 2.45) is 0 Å². The molecule has 0 unspecified atom stereocenters. The van der Waals surface area contributed by atoms with E-state index in [9.17, 15) is 18.0 Å². The monoisotopic (exact) mass is 365 g/mol.